The van der Waals surface area contributed by atoms with E-state index in [9.17, 15) is 21.6 Å². The van der Waals surface area contributed by atoms with Gasteiger partial charge in [0.1, 0.15) is 0 Å². The van der Waals surface area contributed by atoms with Crippen LogP contribution in [0.5, 0.6) is 0 Å². The van der Waals surface area contributed by atoms with Crippen LogP contribution in [-0.2, 0) is 26.9 Å². The van der Waals surface area contributed by atoms with Crippen LogP contribution in [0.4, 0.5) is 0 Å². The fraction of sp³-hybridized carbons (Fsp3) is 0.417. The molecule has 1 amide bonds. The van der Waals surface area contributed by atoms with Gasteiger partial charge in [-0.15, -0.1) is 0 Å². The Bertz CT molecular complexity index is 1500. The summed E-state index contributed by atoms with van der Waals surface area (Å²) in [7, 11) is -5.30. The third kappa shape index (κ3) is 6.27. The largest absolute Gasteiger partial charge is 0.319 e. The number of sulfone groups is 1. The number of fused-ring (bicyclic) bond motifs is 1. The first-order chi connectivity index (χ1) is 16.2. The Balaban J connectivity index is 1.93. The van der Waals surface area contributed by atoms with Crippen molar-refractivity contribution < 1.29 is 21.6 Å². The number of hydrogen-bond acceptors (Lipinski definition) is 6. The fourth-order valence-electron chi connectivity index (χ4n) is 3.61. The van der Waals surface area contributed by atoms with Crippen molar-refractivity contribution in [3.05, 3.63) is 52.8 Å². The van der Waals surface area contributed by atoms with E-state index in [1.165, 1.54) is 46.0 Å². The summed E-state index contributed by atoms with van der Waals surface area (Å²) in [5, 5.41) is 0. The molecule has 0 atom stereocenters. The van der Waals surface area contributed by atoms with Crippen LogP contribution in [0.15, 0.2) is 57.2 Å². The number of carbonyl (C=O) groups is 1. The highest BCUT2D eigenvalue weighted by Gasteiger charge is 2.26. The van der Waals surface area contributed by atoms with E-state index < -0.39 is 25.8 Å². The van der Waals surface area contributed by atoms with E-state index in [2.05, 4.69) is 4.99 Å². The maximum absolute atomic E-state index is 13.2. The number of thiazole rings is 1. The molecule has 0 unspecified atom stereocenters. The Morgan fingerprint density at radius 3 is 2.00 bits per heavy atom. The number of nitrogens with zero attached hydrogens (tertiary/aromatic N) is 3. The van der Waals surface area contributed by atoms with Crippen molar-refractivity contribution in [2.45, 2.75) is 37.5 Å². The molecule has 0 saturated heterocycles. The van der Waals surface area contributed by atoms with Gasteiger partial charge in [0.25, 0.3) is 5.91 Å². The van der Waals surface area contributed by atoms with Gasteiger partial charge in [0.2, 0.25) is 10.0 Å². The molecule has 0 aliphatic carbocycles. The monoisotopic (exact) mass is 537 g/mol. The smallest absolute Gasteiger partial charge is 0.279 e. The third-order valence-electron chi connectivity index (χ3n) is 5.28. The van der Waals surface area contributed by atoms with E-state index in [1.54, 1.807) is 23.7 Å². The summed E-state index contributed by atoms with van der Waals surface area (Å²) in [5.74, 6) is -0.155. The van der Waals surface area contributed by atoms with Crippen LogP contribution >= 0.6 is 11.3 Å². The minimum absolute atomic E-state index is 0.135. The highest BCUT2D eigenvalue weighted by atomic mass is 32.2. The summed E-state index contributed by atoms with van der Waals surface area (Å²) in [4.78, 5) is 17.8. The summed E-state index contributed by atoms with van der Waals surface area (Å²) in [6.45, 7) is 8.73. The molecule has 190 valence electrons. The fourth-order valence-corrected chi connectivity index (χ4v) is 7.15. The van der Waals surface area contributed by atoms with Crippen molar-refractivity contribution in [2.75, 3.05) is 19.3 Å². The topological polar surface area (TPSA) is 106 Å². The molecule has 0 bridgehead atoms. The van der Waals surface area contributed by atoms with Crippen LogP contribution in [0, 0.1) is 11.8 Å². The summed E-state index contributed by atoms with van der Waals surface area (Å²) in [6, 6.07) is 10.6. The average Bonchev–Trinajstić information content (AvgIpc) is 3.06. The third-order valence-corrected chi connectivity index (χ3v) is 9.33. The summed E-state index contributed by atoms with van der Waals surface area (Å²) >= 11 is 1.21. The number of aryl methyl sites for hydroxylation is 1. The van der Waals surface area contributed by atoms with Gasteiger partial charge >= 0.3 is 0 Å². The van der Waals surface area contributed by atoms with Gasteiger partial charge < -0.3 is 4.57 Å². The molecule has 0 N–H and O–H groups in total. The number of benzene rings is 2. The van der Waals surface area contributed by atoms with Crippen LogP contribution in [0.3, 0.4) is 0 Å². The molecule has 1 aromatic heterocycles. The van der Waals surface area contributed by atoms with E-state index in [0.29, 0.717) is 22.6 Å². The number of hydrogen-bond donors (Lipinski definition) is 0. The van der Waals surface area contributed by atoms with E-state index >= 15 is 0 Å². The van der Waals surface area contributed by atoms with Crippen LogP contribution in [-0.4, -0.2) is 51.0 Å². The van der Waals surface area contributed by atoms with Crippen molar-refractivity contribution in [2.24, 2.45) is 23.9 Å². The standard InChI is InChI=1S/C24H31N3O5S3/c1-16(2)14-27(15-17(3)4)35(31,32)19-9-7-18(8-10-19)23(28)25-24-26(5)21-12-11-20(34(6,29)30)13-22(21)33-24/h7-13,16-17H,14-15H2,1-6H3. The Hall–Kier alpha value is -2.34. The van der Waals surface area contributed by atoms with Gasteiger partial charge in [-0.3, -0.25) is 4.79 Å². The van der Waals surface area contributed by atoms with Crippen molar-refractivity contribution in [1.29, 1.82) is 0 Å². The van der Waals surface area contributed by atoms with Gasteiger partial charge in [0.05, 0.1) is 20.0 Å². The Kier molecular flexibility index (Phi) is 8.05. The van der Waals surface area contributed by atoms with Gasteiger partial charge in [0, 0.05) is 32.0 Å². The number of carbonyl (C=O) groups excluding carboxylic acids is 1. The molecule has 0 aliphatic rings. The lowest BCUT2D eigenvalue weighted by molar-refractivity contribution is 0.0998. The number of amides is 1. The highest BCUT2D eigenvalue weighted by molar-refractivity contribution is 7.90. The molecule has 3 aromatic rings. The molecule has 3 rings (SSSR count). The second-order valence-electron chi connectivity index (χ2n) is 9.40. The maximum Gasteiger partial charge on any atom is 0.279 e. The maximum atomic E-state index is 13.2. The molecular weight excluding hydrogens is 506 g/mol. The highest BCUT2D eigenvalue weighted by Crippen LogP contribution is 2.22. The average molecular weight is 538 g/mol. The second kappa shape index (κ2) is 10.3. The molecule has 2 aromatic carbocycles. The normalized spacial score (nSPS) is 13.5. The van der Waals surface area contributed by atoms with Gasteiger partial charge in [-0.1, -0.05) is 39.0 Å². The first-order valence-corrected chi connectivity index (χ1v) is 15.3. The molecule has 0 radical (unpaired) electrons. The quantitative estimate of drug-likeness (QED) is 0.436. The molecule has 1 heterocycles. The minimum Gasteiger partial charge on any atom is -0.319 e. The summed E-state index contributed by atoms with van der Waals surface area (Å²) in [6.07, 6.45) is 1.14. The minimum atomic E-state index is -3.69. The molecule has 8 nitrogen and oxygen atoms in total. The molecule has 0 aliphatic heterocycles. The Morgan fingerprint density at radius 2 is 1.49 bits per heavy atom. The molecule has 0 fully saturated rings. The van der Waals surface area contributed by atoms with Crippen LogP contribution in [0.25, 0.3) is 10.2 Å². The van der Waals surface area contributed by atoms with E-state index in [1.807, 2.05) is 27.7 Å². The zero-order valence-electron chi connectivity index (χ0n) is 20.7. The summed E-state index contributed by atoms with van der Waals surface area (Å²) in [5.41, 5.74) is 1.02. The Labute approximate surface area is 210 Å². The van der Waals surface area contributed by atoms with Crippen molar-refractivity contribution in [1.82, 2.24) is 8.87 Å². The van der Waals surface area contributed by atoms with Crippen LogP contribution < -0.4 is 4.80 Å². The van der Waals surface area contributed by atoms with Gasteiger partial charge in [-0.2, -0.15) is 9.30 Å². The van der Waals surface area contributed by atoms with E-state index in [4.69, 9.17) is 0 Å². The van der Waals surface area contributed by atoms with Crippen molar-refractivity contribution in [3.63, 3.8) is 0 Å². The number of aromatic nitrogens is 1. The van der Waals surface area contributed by atoms with Crippen LogP contribution in [0.1, 0.15) is 38.1 Å². The SMILES string of the molecule is CC(C)CN(CC(C)C)S(=O)(=O)c1ccc(C(=O)N=c2sc3cc(S(C)(=O)=O)ccc3n2C)cc1. The zero-order valence-corrected chi connectivity index (χ0v) is 23.2. The van der Waals surface area contributed by atoms with Crippen LogP contribution in [0.2, 0.25) is 0 Å². The first-order valence-electron chi connectivity index (χ1n) is 11.2. The molecule has 0 saturated carbocycles. The molecular formula is C24H31N3O5S3. The summed E-state index contributed by atoms with van der Waals surface area (Å²) < 4.78 is 54.0. The number of rotatable bonds is 8. The van der Waals surface area contributed by atoms with E-state index in [0.717, 1.165) is 11.8 Å². The predicted molar refractivity (Wildman–Crippen MR) is 139 cm³/mol. The van der Waals surface area contributed by atoms with Gasteiger partial charge in [-0.05, 0) is 54.3 Å². The lowest BCUT2D eigenvalue weighted by Crippen LogP contribution is -2.37. The lowest BCUT2D eigenvalue weighted by Gasteiger charge is -2.25. The number of sulfonamides is 1. The Morgan fingerprint density at radius 1 is 0.943 bits per heavy atom. The van der Waals surface area contributed by atoms with Crippen molar-refractivity contribution >= 4 is 47.3 Å². The first kappa shape index (κ1) is 27.3. The van der Waals surface area contributed by atoms with E-state index in [-0.39, 0.29) is 27.2 Å². The van der Waals surface area contributed by atoms with Gasteiger partial charge in [0.15, 0.2) is 14.6 Å². The second-order valence-corrected chi connectivity index (χ2v) is 14.4. The molecule has 0 spiro atoms. The van der Waals surface area contributed by atoms with Crippen molar-refractivity contribution in [3.8, 4) is 0 Å². The predicted octanol–water partition coefficient (Wildman–Crippen LogP) is 3.69. The molecule has 35 heavy (non-hydrogen) atoms. The molecule has 11 heteroatoms. The van der Waals surface area contributed by atoms with Gasteiger partial charge in [-0.25, -0.2) is 16.8 Å². The zero-order chi connectivity index (χ0) is 26.1. The lowest BCUT2D eigenvalue weighted by atomic mass is 10.2.